The van der Waals surface area contributed by atoms with E-state index in [1.807, 2.05) is 6.08 Å². The zero-order valence-corrected chi connectivity index (χ0v) is 59.9. The van der Waals surface area contributed by atoms with Crippen LogP contribution in [0.5, 0.6) is 0 Å². The van der Waals surface area contributed by atoms with Gasteiger partial charge in [-0.3, -0.25) is 9.59 Å². The van der Waals surface area contributed by atoms with Crippen molar-refractivity contribution in [1.29, 1.82) is 0 Å². The molecule has 522 valence electrons. The van der Waals surface area contributed by atoms with Crippen LogP contribution in [-0.2, 0) is 14.3 Å². The minimum atomic E-state index is -0.848. The summed E-state index contributed by atoms with van der Waals surface area (Å²) in [5.74, 6) is -0.0602. The Bertz CT molecular complexity index is 1530. The van der Waals surface area contributed by atoms with Crippen molar-refractivity contribution in [2.45, 2.75) is 443 Å². The third-order valence-corrected chi connectivity index (χ3v) is 18.5. The number of esters is 1. The number of unbranched alkanes of at least 4 members (excludes halogenated alkanes) is 56. The van der Waals surface area contributed by atoms with Crippen LogP contribution in [0.15, 0.2) is 60.8 Å². The number of hydrogen-bond donors (Lipinski definition) is 3. The molecule has 0 aromatic carbocycles. The molecule has 2 atom stereocenters. The van der Waals surface area contributed by atoms with Crippen LogP contribution in [0, 0.1) is 0 Å². The lowest BCUT2D eigenvalue weighted by atomic mass is 10.0. The van der Waals surface area contributed by atoms with Crippen molar-refractivity contribution in [3.63, 3.8) is 0 Å². The molecule has 0 spiro atoms. The summed E-state index contributed by atoms with van der Waals surface area (Å²) in [6.45, 7) is 4.92. The fourth-order valence-corrected chi connectivity index (χ4v) is 12.4. The smallest absolute Gasteiger partial charge is 0.305 e. The zero-order chi connectivity index (χ0) is 64.2. The van der Waals surface area contributed by atoms with Crippen LogP contribution < -0.4 is 5.32 Å². The lowest BCUT2D eigenvalue weighted by Crippen LogP contribution is -2.45. The number of aliphatic hydroxyl groups is 2. The van der Waals surface area contributed by atoms with Gasteiger partial charge < -0.3 is 20.3 Å². The van der Waals surface area contributed by atoms with Crippen molar-refractivity contribution >= 4 is 11.9 Å². The molecule has 6 nitrogen and oxygen atoms in total. The van der Waals surface area contributed by atoms with Crippen LogP contribution in [0.1, 0.15) is 431 Å². The second-order valence-electron chi connectivity index (χ2n) is 27.4. The molecule has 0 heterocycles. The number of allylic oxidation sites excluding steroid dienone is 9. The highest BCUT2D eigenvalue weighted by molar-refractivity contribution is 5.76. The normalized spacial score (nSPS) is 12.8. The molecule has 0 saturated heterocycles. The van der Waals surface area contributed by atoms with Gasteiger partial charge in [-0.25, -0.2) is 0 Å². The van der Waals surface area contributed by atoms with Crippen LogP contribution in [-0.4, -0.2) is 47.4 Å². The molecule has 1 amide bonds. The third-order valence-electron chi connectivity index (χ3n) is 18.5. The van der Waals surface area contributed by atoms with Crippen molar-refractivity contribution in [2.75, 3.05) is 13.2 Å². The van der Waals surface area contributed by atoms with Gasteiger partial charge >= 0.3 is 5.97 Å². The molecule has 0 fully saturated rings. The number of nitrogens with one attached hydrogen (secondary N) is 1. The predicted molar refractivity (Wildman–Crippen MR) is 393 cm³/mol. The van der Waals surface area contributed by atoms with Crippen molar-refractivity contribution in [3.05, 3.63) is 60.8 Å². The minimum Gasteiger partial charge on any atom is -0.466 e. The van der Waals surface area contributed by atoms with E-state index in [2.05, 4.69) is 67.8 Å². The average molecular weight is 1250 g/mol. The average Bonchev–Trinajstić information content (AvgIpc) is 3.63. The van der Waals surface area contributed by atoms with Crippen molar-refractivity contribution in [1.82, 2.24) is 5.32 Å². The Hall–Kier alpha value is -2.44. The molecule has 6 heteroatoms. The van der Waals surface area contributed by atoms with Gasteiger partial charge in [0.15, 0.2) is 0 Å². The maximum Gasteiger partial charge on any atom is 0.305 e. The topological polar surface area (TPSA) is 95.9 Å². The second kappa shape index (κ2) is 78.0. The Kier molecular flexibility index (Phi) is 75.9. The Labute approximate surface area is 556 Å². The maximum absolute atomic E-state index is 12.6. The van der Waals surface area contributed by atoms with E-state index in [1.165, 1.54) is 347 Å². The van der Waals surface area contributed by atoms with Gasteiger partial charge in [0.25, 0.3) is 0 Å². The first-order chi connectivity index (χ1) is 44.0. The lowest BCUT2D eigenvalue weighted by molar-refractivity contribution is -0.143. The molecule has 0 aliphatic rings. The SMILES string of the molecule is CCCCCC/C=C\C/C=C\CCCCCCCCCC(=O)OCCCCCCCCCCC/C=C\C/C=C\CCCCCCCCCCCCCCCC(=O)NC(CO)C(O)/C=C/CCCCCCCCCCCCCCCCCCCCCCCCC. The van der Waals surface area contributed by atoms with Crippen LogP contribution in [0.2, 0.25) is 0 Å². The molecule has 0 aliphatic heterocycles. The Morgan fingerprint density at radius 1 is 0.315 bits per heavy atom. The number of carbonyl (C=O) groups excluding carboxylic acids is 2. The fraction of sp³-hybridized carbons (Fsp3) is 0.855. The first-order valence-electron chi connectivity index (χ1n) is 40.1. The van der Waals surface area contributed by atoms with Gasteiger partial charge in [-0.1, -0.05) is 383 Å². The van der Waals surface area contributed by atoms with Gasteiger partial charge in [-0.05, 0) is 96.3 Å². The van der Waals surface area contributed by atoms with Crippen LogP contribution >= 0.6 is 0 Å². The monoisotopic (exact) mass is 1250 g/mol. The highest BCUT2D eigenvalue weighted by atomic mass is 16.5. The van der Waals surface area contributed by atoms with Gasteiger partial charge in [0.1, 0.15) is 0 Å². The molecule has 89 heavy (non-hydrogen) atoms. The van der Waals surface area contributed by atoms with Crippen LogP contribution in [0.25, 0.3) is 0 Å². The largest absolute Gasteiger partial charge is 0.466 e. The summed E-state index contributed by atoms with van der Waals surface area (Å²) in [6, 6.07) is -0.632. The molecule has 0 aromatic rings. The van der Waals surface area contributed by atoms with E-state index in [-0.39, 0.29) is 18.5 Å². The molecule has 2 unspecified atom stereocenters. The number of amides is 1. The Morgan fingerprint density at radius 3 is 0.865 bits per heavy atom. The van der Waals surface area contributed by atoms with Gasteiger partial charge in [0.05, 0.1) is 25.4 Å². The van der Waals surface area contributed by atoms with Crippen molar-refractivity contribution < 1.29 is 24.5 Å². The number of carbonyl (C=O) groups is 2. The van der Waals surface area contributed by atoms with Crippen LogP contribution in [0.4, 0.5) is 0 Å². The van der Waals surface area contributed by atoms with Crippen LogP contribution in [0.3, 0.4) is 0 Å². The molecular formula is C83H155NO5. The van der Waals surface area contributed by atoms with Gasteiger partial charge in [-0.15, -0.1) is 0 Å². The van der Waals surface area contributed by atoms with Gasteiger partial charge in [0.2, 0.25) is 5.91 Å². The van der Waals surface area contributed by atoms with E-state index >= 15 is 0 Å². The molecule has 0 bridgehead atoms. The van der Waals surface area contributed by atoms with Crippen molar-refractivity contribution in [2.24, 2.45) is 0 Å². The lowest BCUT2D eigenvalue weighted by Gasteiger charge is -2.20. The zero-order valence-electron chi connectivity index (χ0n) is 59.9. The van der Waals surface area contributed by atoms with E-state index < -0.39 is 12.1 Å². The van der Waals surface area contributed by atoms with Gasteiger partial charge in [0, 0.05) is 12.8 Å². The number of ether oxygens (including phenoxy) is 1. The number of aliphatic hydroxyl groups excluding tert-OH is 2. The Morgan fingerprint density at radius 2 is 0.562 bits per heavy atom. The molecule has 0 radical (unpaired) electrons. The molecule has 0 rings (SSSR count). The predicted octanol–water partition coefficient (Wildman–Crippen LogP) is 26.5. The summed E-state index contributed by atoms with van der Waals surface area (Å²) in [5, 5.41) is 23.3. The summed E-state index contributed by atoms with van der Waals surface area (Å²) in [5.41, 5.74) is 0. The molecule has 0 aromatic heterocycles. The molecule has 0 saturated carbocycles. The van der Waals surface area contributed by atoms with E-state index in [9.17, 15) is 19.8 Å². The van der Waals surface area contributed by atoms with E-state index in [4.69, 9.17) is 4.74 Å². The van der Waals surface area contributed by atoms with Gasteiger partial charge in [-0.2, -0.15) is 0 Å². The highest BCUT2D eigenvalue weighted by Gasteiger charge is 2.18. The summed E-state index contributed by atoms with van der Waals surface area (Å²) < 4.78 is 5.50. The van der Waals surface area contributed by atoms with E-state index in [0.717, 1.165) is 57.8 Å². The highest BCUT2D eigenvalue weighted by Crippen LogP contribution is 2.19. The summed E-state index contributed by atoms with van der Waals surface area (Å²) in [6.07, 6.45) is 105. The molecule has 0 aliphatic carbocycles. The number of hydrogen-bond acceptors (Lipinski definition) is 5. The first-order valence-corrected chi connectivity index (χ1v) is 40.1. The Balaban J connectivity index is 3.43. The second-order valence-corrected chi connectivity index (χ2v) is 27.4. The molecule has 3 N–H and O–H groups in total. The van der Waals surface area contributed by atoms with Crippen molar-refractivity contribution in [3.8, 4) is 0 Å². The summed E-state index contributed by atoms with van der Waals surface area (Å²) >= 11 is 0. The quantitative estimate of drug-likeness (QED) is 0.0320. The molecular weight excluding hydrogens is 1090 g/mol. The minimum absolute atomic E-state index is 0.00468. The van der Waals surface area contributed by atoms with E-state index in [1.54, 1.807) is 6.08 Å². The number of rotatable bonds is 75. The standard InChI is InChI=1S/C83H155NO5/c1-3-5-7-9-11-13-15-17-19-21-23-24-25-31-34-37-40-43-47-51-55-59-63-67-71-75-81(86)80(79-85)84-82(87)76-72-68-64-60-56-52-48-44-41-38-35-32-29-27-26-28-30-33-36-39-42-46-50-54-58-62-66-70-74-78-89-83(88)77-73-69-65-61-57-53-49-45-22-20-18-16-14-12-10-8-6-4-2/h14,16,20,22,26,28,33,36,71,75,80-81,85-86H,3-13,15,17-19,21,23-25,27,29-32,34-35,37-70,72-74,76-79H2,1-2H3,(H,84,87)/b16-14-,22-20-,28-26-,36-33-,75-71+. The summed E-state index contributed by atoms with van der Waals surface area (Å²) in [7, 11) is 0. The summed E-state index contributed by atoms with van der Waals surface area (Å²) in [4.78, 5) is 24.7. The van der Waals surface area contributed by atoms with E-state index in [0.29, 0.717) is 19.4 Å². The first kappa shape index (κ1) is 86.6. The maximum atomic E-state index is 12.6. The fourth-order valence-electron chi connectivity index (χ4n) is 12.4. The third kappa shape index (κ3) is 74.5.